The predicted octanol–water partition coefficient (Wildman–Crippen LogP) is 4.76. The molecule has 0 fully saturated rings. The fraction of sp³-hybridized carbons (Fsp3) is 0.235. The van der Waals surface area contributed by atoms with E-state index in [-0.39, 0.29) is 6.03 Å². The maximum absolute atomic E-state index is 12.1. The molecule has 2 aromatic rings. The maximum Gasteiger partial charge on any atom is 0.323 e. The van der Waals surface area contributed by atoms with Crippen LogP contribution in [0.5, 0.6) is 0 Å². The van der Waals surface area contributed by atoms with Crippen molar-refractivity contribution in [2.24, 2.45) is 0 Å². The number of carbonyl (C=O) groups is 1. The zero-order valence-electron chi connectivity index (χ0n) is 12.1. The van der Waals surface area contributed by atoms with Crippen molar-refractivity contribution in [3.63, 3.8) is 0 Å². The lowest BCUT2D eigenvalue weighted by Crippen LogP contribution is -2.20. The lowest BCUT2D eigenvalue weighted by molar-refractivity contribution is 0.262. The second-order valence-corrected chi connectivity index (χ2v) is 5.14. The third-order valence-electron chi connectivity index (χ3n) is 3.22. The molecular weight excluding hydrogens is 248 g/mol. The van der Waals surface area contributed by atoms with Crippen molar-refractivity contribution in [1.82, 2.24) is 0 Å². The fourth-order valence-corrected chi connectivity index (χ4v) is 2.10. The summed E-state index contributed by atoms with van der Waals surface area (Å²) >= 11 is 0. The summed E-state index contributed by atoms with van der Waals surface area (Å²) in [4.78, 5) is 12.1. The van der Waals surface area contributed by atoms with Crippen molar-refractivity contribution >= 4 is 17.4 Å². The van der Waals surface area contributed by atoms with Gasteiger partial charge in [0, 0.05) is 11.4 Å². The summed E-state index contributed by atoms with van der Waals surface area (Å²) in [5.41, 5.74) is 3.85. The highest BCUT2D eigenvalue weighted by atomic mass is 16.2. The Hall–Kier alpha value is -2.29. The molecule has 2 N–H and O–H groups in total. The van der Waals surface area contributed by atoms with Gasteiger partial charge in [0.15, 0.2) is 0 Å². The Labute approximate surface area is 120 Å². The van der Waals surface area contributed by atoms with E-state index in [1.165, 1.54) is 0 Å². The molecule has 0 bridgehead atoms. The van der Waals surface area contributed by atoms with Crippen LogP contribution in [0.4, 0.5) is 16.2 Å². The maximum atomic E-state index is 12.1. The van der Waals surface area contributed by atoms with Gasteiger partial charge in [0.05, 0.1) is 0 Å². The summed E-state index contributed by atoms with van der Waals surface area (Å²) in [6.07, 6.45) is 0. The Morgan fingerprint density at radius 1 is 0.900 bits per heavy atom. The topological polar surface area (TPSA) is 41.1 Å². The quantitative estimate of drug-likeness (QED) is 0.827. The van der Waals surface area contributed by atoms with Crippen LogP contribution in [0.2, 0.25) is 0 Å². The van der Waals surface area contributed by atoms with Crippen molar-refractivity contribution < 1.29 is 4.79 Å². The molecule has 0 heterocycles. The number of carbonyl (C=O) groups excluding carboxylic acids is 1. The van der Waals surface area contributed by atoms with E-state index < -0.39 is 0 Å². The average Bonchev–Trinajstić information content (AvgIpc) is 2.41. The molecule has 3 heteroatoms. The zero-order chi connectivity index (χ0) is 14.5. The molecule has 20 heavy (non-hydrogen) atoms. The van der Waals surface area contributed by atoms with Gasteiger partial charge in [-0.05, 0) is 36.1 Å². The first kappa shape index (κ1) is 14.1. The van der Waals surface area contributed by atoms with Gasteiger partial charge in [0.2, 0.25) is 0 Å². The number of benzene rings is 2. The number of para-hydroxylation sites is 2. The number of aryl methyl sites for hydroxylation is 1. The molecule has 0 aliphatic rings. The number of nitrogens with one attached hydrogen (secondary N) is 2. The van der Waals surface area contributed by atoms with E-state index in [1.54, 1.807) is 0 Å². The normalized spacial score (nSPS) is 10.4. The van der Waals surface area contributed by atoms with Crippen molar-refractivity contribution in [3.8, 4) is 0 Å². The highest BCUT2D eigenvalue weighted by Gasteiger charge is 2.09. The van der Waals surface area contributed by atoms with Gasteiger partial charge in [0.25, 0.3) is 0 Å². The van der Waals surface area contributed by atoms with Gasteiger partial charge in [-0.3, -0.25) is 0 Å². The average molecular weight is 268 g/mol. The Balaban J connectivity index is 2.11. The summed E-state index contributed by atoms with van der Waals surface area (Å²) in [5.74, 6) is 0.366. The second kappa shape index (κ2) is 6.24. The van der Waals surface area contributed by atoms with E-state index in [4.69, 9.17) is 0 Å². The molecule has 2 rings (SSSR count). The molecule has 0 saturated carbocycles. The molecule has 0 aliphatic carbocycles. The van der Waals surface area contributed by atoms with Gasteiger partial charge in [-0.25, -0.2) is 4.79 Å². The van der Waals surface area contributed by atoms with E-state index >= 15 is 0 Å². The Bertz CT molecular complexity index is 605. The molecule has 2 amide bonds. The summed E-state index contributed by atoms with van der Waals surface area (Å²) in [7, 11) is 0. The van der Waals surface area contributed by atoms with E-state index in [2.05, 4.69) is 24.5 Å². The number of amides is 2. The molecule has 0 atom stereocenters. The highest BCUT2D eigenvalue weighted by Crippen LogP contribution is 2.24. The minimum Gasteiger partial charge on any atom is -0.307 e. The van der Waals surface area contributed by atoms with Crippen molar-refractivity contribution in [3.05, 3.63) is 59.7 Å². The van der Waals surface area contributed by atoms with Crippen LogP contribution in [0.25, 0.3) is 0 Å². The molecule has 0 saturated heterocycles. The standard InChI is InChI=1S/C17H20N2O/c1-12(2)14-9-5-7-11-16(14)19-17(20)18-15-10-6-4-8-13(15)3/h4-12H,1-3H3,(H2,18,19,20). The van der Waals surface area contributed by atoms with Crippen molar-refractivity contribution in [1.29, 1.82) is 0 Å². The van der Waals surface area contributed by atoms with E-state index in [0.29, 0.717) is 5.92 Å². The molecule has 0 unspecified atom stereocenters. The minimum atomic E-state index is -0.215. The molecule has 0 aromatic heterocycles. The van der Waals surface area contributed by atoms with Crippen LogP contribution in [0.15, 0.2) is 48.5 Å². The third kappa shape index (κ3) is 3.38. The lowest BCUT2D eigenvalue weighted by Gasteiger charge is -2.14. The van der Waals surface area contributed by atoms with Gasteiger partial charge in [-0.15, -0.1) is 0 Å². The monoisotopic (exact) mass is 268 g/mol. The minimum absolute atomic E-state index is 0.215. The van der Waals surface area contributed by atoms with Crippen LogP contribution >= 0.6 is 0 Å². The molecule has 0 aliphatic heterocycles. The van der Waals surface area contributed by atoms with Crippen LogP contribution in [0.3, 0.4) is 0 Å². The molecular formula is C17H20N2O. The molecule has 2 aromatic carbocycles. The van der Waals surface area contributed by atoms with Crippen LogP contribution in [-0.4, -0.2) is 6.03 Å². The third-order valence-corrected chi connectivity index (χ3v) is 3.22. The first-order valence-corrected chi connectivity index (χ1v) is 6.80. The smallest absolute Gasteiger partial charge is 0.307 e. The van der Waals surface area contributed by atoms with E-state index in [9.17, 15) is 4.79 Å². The van der Waals surface area contributed by atoms with Crippen LogP contribution in [0, 0.1) is 6.92 Å². The van der Waals surface area contributed by atoms with Crippen LogP contribution in [0.1, 0.15) is 30.9 Å². The number of hydrogen-bond donors (Lipinski definition) is 2. The molecule has 104 valence electrons. The Kier molecular flexibility index (Phi) is 4.41. The fourth-order valence-electron chi connectivity index (χ4n) is 2.10. The Morgan fingerprint density at radius 3 is 2.10 bits per heavy atom. The first-order valence-electron chi connectivity index (χ1n) is 6.80. The molecule has 3 nitrogen and oxygen atoms in total. The summed E-state index contributed by atoms with van der Waals surface area (Å²) in [6, 6.07) is 15.4. The van der Waals surface area contributed by atoms with Crippen molar-refractivity contribution in [2.75, 3.05) is 10.6 Å². The first-order chi connectivity index (χ1) is 9.58. The summed E-state index contributed by atoms with van der Waals surface area (Å²) in [6.45, 7) is 6.19. The predicted molar refractivity (Wildman–Crippen MR) is 84.4 cm³/mol. The number of rotatable bonds is 3. The second-order valence-electron chi connectivity index (χ2n) is 5.14. The van der Waals surface area contributed by atoms with Crippen LogP contribution in [-0.2, 0) is 0 Å². The van der Waals surface area contributed by atoms with Crippen LogP contribution < -0.4 is 10.6 Å². The van der Waals surface area contributed by atoms with E-state index in [0.717, 1.165) is 22.5 Å². The SMILES string of the molecule is Cc1ccccc1NC(=O)Nc1ccccc1C(C)C. The Morgan fingerprint density at radius 2 is 1.45 bits per heavy atom. The van der Waals surface area contributed by atoms with E-state index in [1.807, 2.05) is 55.5 Å². The summed E-state index contributed by atoms with van der Waals surface area (Å²) < 4.78 is 0. The largest absolute Gasteiger partial charge is 0.323 e. The lowest BCUT2D eigenvalue weighted by atomic mass is 10.0. The summed E-state index contributed by atoms with van der Waals surface area (Å²) in [5, 5.41) is 5.79. The van der Waals surface area contributed by atoms with Gasteiger partial charge >= 0.3 is 6.03 Å². The zero-order valence-corrected chi connectivity index (χ0v) is 12.1. The van der Waals surface area contributed by atoms with Crippen molar-refractivity contribution in [2.45, 2.75) is 26.7 Å². The van der Waals surface area contributed by atoms with Gasteiger partial charge in [-0.1, -0.05) is 50.2 Å². The molecule has 0 spiro atoms. The number of anilines is 2. The van der Waals surface area contributed by atoms with Gasteiger partial charge in [-0.2, -0.15) is 0 Å². The number of hydrogen-bond acceptors (Lipinski definition) is 1. The highest BCUT2D eigenvalue weighted by molar-refractivity contribution is 6.00. The van der Waals surface area contributed by atoms with Gasteiger partial charge in [0.1, 0.15) is 0 Å². The molecule has 0 radical (unpaired) electrons. The van der Waals surface area contributed by atoms with Gasteiger partial charge < -0.3 is 10.6 Å². The number of urea groups is 1.